The van der Waals surface area contributed by atoms with Crippen LogP contribution in [0.4, 0.5) is 0 Å². The van der Waals surface area contributed by atoms with E-state index in [4.69, 9.17) is 9.15 Å². The molecule has 1 aromatic carbocycles. The van der Waals surface area contributed by atoms with Crippen LogP contribution in [0.1, 0.15) is 5.56 Å². The maximum Gasteiger partial charge on any atom is 0.333 e. The lowest BCUT2D eigenvalue weighted by Crippen LogP contribution is -2.17. The van der Waals surface area contributed by atoms with Crippen molar-refractivity contribution in [3.8, 4) is 5.75 Å². The number of hydrogen-bond donors (Lipinski definition) is 0. The smallest absolute Gasteiger partial charge is 0.333 e. The zero-order chi connectivity index (χ0) is 17.3. The van der Waals surface area contributed by atoms with Crippen LogP contribution in [0.2, 0.25) is 0 Å². The van der Waals surface area contributed by atoms with Gasteiger partial charge < -0.3 is 9.15 Å². The highest BCUT2D eigenvalue weighted by Gasteiger charge is 2.20. The molecule has 4 aromatic heterocycles. The molecule has 25 heavy (non-hydrogen) atoms. The van der Waals surface area contributed by atoms with Crippen molar-refractivity contribution in [3.05, 3.63) is 46.8 Å². The van der Waals surface area contributed by atoms with Gasteiger partial charge >= 0.3 is 5.69 Å². The Balaban J connectivity index is 2.30. The third kappa shape index (κ3) is 1.62. The van der Waals surface area contributed by atoms with Gasteiger partial charge in [-0.3, -0.25) is 18.9 Å². The highest BCUT2D eigenvalue weighted by molar-refractivity contribution is 6.13. The number of rotatable bonds is 1. The number of imidazole rings is 1. The van der Waals surface area contributed by atoms with Crippen LogP contribution in [0.3, 0.4) is 0 Å². The predicted octanol–water partition coefficient (Wildman–Crippen LogP) is 2.80. The molecule has 0 radical (unpaired) electrons. The van der Waals surface area contributed by atoms with E-state index in [1.54, 1.807) is 47.8 Å². The Morgan fingerprint density at radius 2 is 2.08 bits per heavy atom. The van der Waals surface area contributed by atoms with E-state index >= 15 is 0 Å². The normalized spacial score (nSPS) is 12.0. The molecule has 0 aliphatic rings. The molecule has 0 saturated heterocycles. The second kappa shape index (κ2) is 4.60. The minimum atomic E-state index is -0.163. The summed E-state index contributed by atoms with van der Waals surface area (Å²) in [7, 11) is 3.36. The molecule has 5 rings (SSSR count). The molecule has 0 atom stereocenters. The van der Waals surface area contributed by atoms with Gasteiger partial charge in [0.25, 0.3) is 0 Å². The second-order valence-electron chi connectivity index (χ2n) is 6.04. The van der Waals surface area contributed by atoms with Crippen LogP contribution in [0.5, 0.6) is 5.75 Å². The van der Waals surface area contributed by atoms with Gasteiger partial charge in [-0.2, -0.15) is 0 Å². The van der Waals surface area contributed by atoms with Crippen LogP contribution in [0.25, 0.3) is 38.6 Å². The summed E-state index contributed by atoms with van der Waals surface area (Å²) in [6.07, 6.45) is 4.99. The van der Waals surface area contributed by atoms with E-state index in [0.29, 0.717) is 27.9 Å². The van der Waals surface area contributed by atoms with Gasteiger partial charge in [-0.25, -0.2) is 4.79 Å². The molecule has 0 N–H and O–H groups in total. The molecular weight excluding hydrogens is 320 g/mol. The van der Waals surface area contributed by atoms with Gasteiger partial charge in [0.1, 0.15) is 16.8 Å². The third-order valence-electron chi connectivity index (χ3n) is 4.76. The lowest BCUT2D eigenvalue weighted by molar-refractivity contribution is 0.412. The molecule has 0 unspecified atom stereocenters. The molecule has 0 amide bonds. The van der Waals surface area contributed by atoms with E-state index in [2.05, 4.69) is 9.97 Å². The molecule has 0 saturated carbocycles. The van der Waals surface area contributed by atoms with Gasteiger partial charge in [-0.1, -0.05) is 0 Å². The topological polar surface area (TPSA) is 74.6 Å². The van der Waals surface area contributed by atoms with Gasteiger partial charge in [0.2, 0.25) is 0 Å². The Labute approximate surface area is 141 Å². The van der Waals surface area contributed by atoms with Crippen molar-refractivity contribution < 1.29 is 9.15 Å². The van der Waals surface area contributed by atoms with Crippen molar-refractivity contribution in [2.75, 3.05) is 7.11 Å². The molecular formula is C18H14N4O3. The molecule has 0 fully saturated rings. The average Bonchev–Trinajstić information content (AvgIpc) is 2.79. The first kappa shape index (κ1) is 14.0. The zero-order valence-corrected chi connectivity index (χ0v) is 13.9. The summed E-state index contributed by atoms with van der Waals surface area (Å²) in [5.41, 5.74) is 4.74. The summed E-state index contributed by atoms with van der Waals surface area (Å²) in [6, 6.07) is 3.62. The van der Waals surface area contributed by atoms with Gasteiger partial charge in [-0.15, -0.1) is 0 Å². The predicted molar refractivity (Wildman–Crippen MR) is 94.3 cm³/mol. The van der Waals surface area contributed by atoms with E-state index in [1.165, 1.54) is 0 Å². The van der Waals surface area contributed by atoms with Crippen LogP contribution in [-0.4, -0.2) is 26.0 Å². The van der Waals surface area contributed by atoms with Gasteiger partial charge in [0.05, 0.1) is 41.4 Å². The van der Waals surface area contributed by atoms with E-state index in [0.717, 1.165) is 22.0 Å². The Morgan fingerprint density at radius 1 is 1.24 bits per heavy atom. The number of benzene rings is 1. The first-order valence-electron chi connectivity index (χ1n) is 7.81. The lowest BCUT2D eigenvalue weighted by atomic mass is 10.1. The summed E-state index contributed by atoms with van der Waals surface area (Å²) in [6.45, 7) is 1.93. The number of methoxy groups -OCH3 is 1. The van der Waals surface area contributed by atoms with Crippen molar-refractivity contribution in [2.45, 2.75) is 6.92 Å². The molecule has 0 aliphatic heterocycles. The van der Waals surface area contributed by atoms with Crippen molar-refractivity contribution in [1.82, 2.24) is 18.9 Å². The Hall–Kier alpha value is -3.35. The third-order valence-corrected chi connectivity index (χ3v) is 4.76. The summed E-state index contributed by atoms with van der Waals surface area (Å²) < 4.78 is 14.9. The summed E-state index contributed by atoms with van der Waals surface area (Å²) in [5, 5.41) is 0.796. The number of pyridine rings is 2. The number of fused-ring (bicyclic) bond motifs is 2. The van der Waals surface area contributed by atoms with Crippen LogP contribution in [0, 0.1) is 6.92 Å². The first-order valence-corrected chi connectivity index (χ1v) is 7.81. The highest BCUT2D eigenvalue weighted by atomic mass is 16.5. The van der Waals surface area contributed by atoms with Crippen molar-refractivity contribution in [3.63, 3.8) is 0 Å². The van der Waals surface area contributed by atoms with Gasteiger partial charge in [0.15, 0.2) is 5.58 Å². The zero-order valence-electron chi connectivity index (χ0n) is 13.9. The fraction of sp³-hybridized carbons (Fsp3) is 0.167. The summed E-state index contributed by atoms with van der Waals surface area (Å²) in [5.74, 6) is 0.691. The molecule has 0 bridgehead atoms. The first-order chi connectivity index (χ1) is 12.1. The number of nitrogens with zero attached hydrogens (tertiary/aromatic N) is 4. The van der Waals surface area contributed by atoms with Gasteiger partial charge in [-0.05, 0) is 6.92 Å². The number of hydrogen-bond acceptors (Lipinski definition) is 5. The fourth-order valence-corrected chi connectivity index (χ4v) is 3.49. The number of aryl methyl sites for hydroxylation is 2. The molecule has 124 valence electrons. The fourth-order valence-electron chi connectivity index (χ4n) is 3.49. The van der Waals surface area contributed by atoms with Crippen LogP contribution >= 0.6 is 0 Å². The molecule has 0 aliphatic carbocycles. The van der Waals surface area contributed by atoms with Crippen molar-refractivity contribution in [1.29, 1.82) is 0 Å². The van der Waals surface area contributed by atoms with Crippen LogP contribution in [0.15, 0.2) is 39.9 Å². The summed E-state index contributed by atoms with van der Waals surface area (Å²) >= 11 is 0. The average molecular weight is 334 g/mol. The minimum absolute atomic E-state index is 0.163. The SMILES string of the molecule is COc1cc2ncc3c4c2c(oc2ccncc2n4c(=O)n3C)c1C. The quantitative estimate of drug-likeness (QED) is 0.471. The monoisotopic (exact) mass is 334 g/mol. The lowest BCUT2D eigenvalue weighted by Gasteiger charge is -2.08. The molecule has 7 nitrogen and oxygen atoms in total. The maximum atomic E-state index is 12.9. The number of ether oxygens (including phenoxy) is 1. The summed E-state index contributed by atoms with van der Waals surface area (Å²) in [4.78, 5) is 21.6. The highest BCUT2D eigenvalue weighted by Crippen LogP contribution is 2.36. The van der Waals surface area contributed by atoms with Crippen molar-refractivity contribution in [2.24, 2.45) is 7.05 Å². The maximum absolute atomic E-state index is 12.9. The second-order valence-corrected chi connectivity index (χ2v) is 6.04. The van der Waals surface area contributed by atoms with E-state index in [9.17, 15) is 4.79 Å². The standard InChI is InChI=1S/C18H14N4O3/c1-9-14(24-3)6-10-15-16-12(8-20-10)21(2)18(23)22(16)11-7-19-5-4-13(11)25-17(9)15/h4-8H,1-3H3. The minimum Gasteiger partial charge on any atom is -0.496 e. The largest absolute Gasteiger partial charge is 0.496 e. The van der Waals surface area contributed by atoms with E-state index in [1.807, 2.05) is 13.0 Å². The molecule has 5 aromatic rings. The Kier molecular flexibility index (Phi) is 2.58. The van der Waals surface area contributed by atoms with Crippen molar-refractivity contribution >= 4 is 38.6 Å². The number of aromatic nitrogens is 4. The van der Waals surface area contributed by atoms with Gasteiger partial charge in [0, 0.05) is 30.9 Å². The van der Waals surface area contributed by atoms with Crippen LogP contribution < -0.4 is 10.4 Å². The molecule has 7 heteroatoms. The van der Waals surface area contributed by atoms with E-state index in [-0.39, 0.29) is 5.69 Å². The molecule has 4 heterocycles. The Bertz CT molecular complexity index is 1370. The van der Waals surface area contributed by atoms with Crippen LogP contribution in [-0.2, 0) is 7.05 Å². The Morgan fingerprint density at radius 3 is 2.88 bits per heavy atom. The molecule has 0 spiro atoms. The van der Waals surface area contributed by atoms with E-state index < -0.39 is 0 Å².